The Balaban J connectivity index is 2.27. The molecule has 4 unspecified atom stereocenters. The molecule has 2 aliphatic rings. The lowest BCUT2D eigenvalue weighted by Gasteiger charge is -2.57. The molecule has 1 fully saturated rings. The molecule has 4 heteroatoms. The second-order valence-corrected chi connectivity index (χ2v) is 8.07. The van der Waals surface area contributed by atoms with Crippen LogP contribution in [0.4, 0.5) is 0 Å². The molecule has 24 heavy (non-hydrogen) atoms. The number of aldehydes is 1. The van der Waals surface area contributed by atoms with E-state index >= 15 is 0 Å². The van der Waals surface area contributed by atoms with Crippen molar-refractivity contribution in [3.63, 3.8) is 0 Å². The van der Waals surface area contributed by atoms with E-state index in [2.05, 4.69) is 26.8 Å². The topological polar surface area (TPSA) is 74.6 Å². The molecule has 1 saturated carbocycles. The highest BCUT2D eigenvalue weighted by Crippen LogP contribution is 2.61. The summed E-state index contributed by atoms with van der Waals surface area (Å²) in [7, 11) is 0. The number of aliphatic hydroxyl groups excluding tert-OH is 1. The van der Waals surface area contributed by atoms with E-state index in [0.717, 1.165) is 50.0 Å². The smallest absolute Gasteiger partial charge is 0.328 e. The van der Waals surface area contributed by atoms with Crippen LogP contribution in [0.15, 0.2) is 23.3 Å². The van der Waals surface area contributed by atoms with E-state index in [4.69, 9.17) is 5.11 Å². The van der Waals surface area contributed by atoms with E-state index in [1.54, 1.807) is 0 Å². The van der Waals surface area contributed by atoms with E-state index < -0.39 is 5.97 Å². The van der Waals surface area contributed by atoms with Gasteiger partial charge in [-0.15, -0.1) is 0 Å². The number of hydrogen-bond acceptors (Lipinski definition) is 3. The SMILES string of the molecule is CC1CCC2(C)C(C=O)=CCCC2C1(C)CCC(=CC(=O)O)CO. The quantitative estimate of drug-likeness (QED) is 0.573. The molecular weight excluding hydrogens is 304 g/mol. The molecule has 4 atom stereocenters. The lowest BCUT2D eigenvalue weighted by molar-refractivity contribution is -0.131. The van der Waals surface area contributed by atoms with Crippen LogP contribution in [0.25, 0.3) is 0 Å². The van der Waals surface area contributed by atoms with Gasteiger partial charge in [-0.1, -0.05) is 26.8 Å². The number of allylic oxidation sites excluding steroid dienone is 2. The van der Waals surface area contributed by atoms with Gasteiger partial charge in [-0.2, -0.15) is 0 Å². The fourth-order valence-corrected chi connectivity index (χ4v) is 5.13. The third kappa shape index (κ3) is 3.34. The molecule has 2 aliphatic carbocycles. The molecule has 4 nitrogen and oxygen atoms in total. The zero-order valence-electron chi connectivity index (χ0n) is 15.0. The van der Waals surface area contributed by atoms with Crippen LogP contribution < -0.4 is 0 Å². The fraction of sp³-hybridized carbons (Fsp3) is 0.700. The number of aliphatic hydroxyl groups is 1. The number of carbonyl (C=O) groups is 2. The molecule has 0 saturated heterocycles. The molecule has 2 rings (SSSR count). The summed E-state index contributed by atoms with van der Waals surface area (Å²) in [4.78, 5) is 22.5. The second-order valence-electron chi connectivity index (χ2n) is 8.07. The van der Waals surface area contributed by atoms with Crippen molar-refractivity contribution in [3.05, 3.63) is 23.3 Å². The van der Waals surface area contributed by atoms with Crippen LogP contribution in [0.3, 0.4) is 0 Å². The molecule has 0 aliphatic heterocycles. The number of rotatable bonds is 6. The molecule has 0 aromatic carbocycles. The predicted molar refractivity (Wildman–Crippen MR) is 93.5 cm³/mol. The molecule has 0 aromatic heterocycles. The average Bonchev–Trinajstić information content (AvgIpc) is 2.55. The van der Waals surface area contributed by atoms with Crippen LogP contribution in [-0.2, 0) is 9.59 Å². The summed E-state index contributed by atoms with van der Waals surface area (Å²) in [6, 6.07) is 0. The van der Waals surface area contributed by atoms with Gasteiger partial charge in [0.15, 0.2) is 0 Å². The van der Waals surface area contributed by atoms with E-state index in [-0.39, 0.29) is 17.4 Å². The van der Waals surface area contributed by atoms with Gasteiger partial charge in [-0.25, -0.2) is 4.79 Å². The van der Waals surface area contributed by atoms with Gasteiger partial charge in [0.2, 0.25) is 0 Å². The first-order chi connectivity index (χ1) is 11.3. The van der Waals surface area contributed by atoms with Crippen LogP contribution in [0.1, 0.15) is 59.3 Å². The number of carboxylic acid groups (broad SMARTS) is 1. The van der Waals surface area contributed by atoms with Crippen molar-refractivity contribution in [3.8, 4) is 0 Å². The Morgan fingerprint density at radius 2 is 2.08 bits per heavy atom. The van der Waals surface area contributed by atoms with Crippen LogP contribution in [-0.4, -0.2) is 29.1 Å². The highest BCUT2D eigenvalue weighted by atomic mass is 16.4. The van der Waals surface area contributed by atoms with Crippen LogP contribution in [0.5, 0.6) is 0 Å². The zero-order valence-corrected chi connectivity index (χ0v) is 15.0. The number of carbonyl (C=O) groups excluding carboxylic acids is 1. The summed E-state index contributed by atoms with van der Waals surface area (Å²) in [5.41, 5.74) is 1.49. The van der Waals surface area contributed by atoms with Gasteiger partial charge >= 0.3 is 5.97 Å². The van der Waals surface area contributed by atoms with Crippen molar-refractivity contribution < 1.29 is 19.8 Å². The molecule has 0 spiro atoms. The van der Waals surface area contributed by atoms with Crippen LogP contribution >= 0.6 is 0 Å². The maximum atomic E-state index is 11.6. The molecule has 2 N–H and O–H groups in total. The van der Waals surface area contributed by atoms with Gasteiger partial charge in [0.1, 0.15) is 6.29 Å². The average molecular weight is 334 g/mol. The molecule has 0 radical (unpaired) electrons. The summed E-state index contributed by atoms with van der Waals surface area (Å²) in [5.74, 6) is -0.0651. The van der Waals surface area contributed by atoms with E-state index in [0.29, 0.717) is 23.8 Å². The summed E-state index contributed by atoms with van der Waals surface area (Å²) >= 11 is 0. The minimum absolute atomic E-state index is 0.0439. The van der Waals surface area contributed by atoms with Gasteiger partial charge < -0.3 is 10.2 Å². The number of aliphatic carboxylic acids is 1. The Bertz CT molecular complexity index is 562. The Labute approximate surface area is 144 Å². The van der Waals surface area contributed by atoms with E-state index in [9.17, 15) is 14.7 Å². The van der Waals surface area contributed by atoms with Crippen LogP contribution in [0, 0.1) is 22.7 Å². The lowest BCUT2D eigenvalue weighted by atomic mass is 9.47. The van der Waals surface area contributed by atoms with E-state index in [1.165, 1.54) is 0 Å². The minimum Gasteiger partial charge on any atom is -0.478 e. The summed E-state index contributed by atoms with van der Waals surface area (Å²) in [6.07, 6.45) is 9.84. The molecule has 0 heterocycles. The summed E-state index contributed by atoms with van der Waals surface area (Å²) in [6.45, 7) is 6.58. The molecule has 134 valence electrons. The first-order valence-corrected chi connectivity index (χ1v) is 8.97. The van der Waals surface area contributed by atoms with Gasteiger partial charge in [0.05, 0.1) is 6.61 Å². The van der Waals surface area contributed by atoms with Crippen molar-refractivity contribution >= 4 is 12.3 Å². The van der Waals surface area contributed by atoms with Gasteiger partial charge in [0, 0.05) is 6.08 Å². The Morgan fingerprint density at radius 3 is 2.67 bits per heavy atom. The largest absolute Gasteiger partial charge is 0.478 e. The van der Waals surface area contributed by atoms with Crippen molar-refractivity contribution in [1.82, 2.24) is 0 Å². The van der Waals surface area contributed by atoms with Gasteiger partial charge in [0.25, 0.3) is 0 Å². The maximum Gasteiger partial charge on any atom is 0.328 e. The van der Waals surface area contributed by atoms with Crippen molar-refractivity contribution in [2.45, 2.75) is 59.3 Å². The molecule has 0 aromatic rings. The Kier molecular flexibility index (Phi) is 5.69. The lowest BCUT2D eigenvalue weighted by Crippen LogP contribution is -2.50. The molecule has 0 amide bonds. The summed E-state index contributed by atoms with van der Waals surface area (Å²) in [5, 5.41) is 18.4. The predicted octanol–water partition coefficient (Wildman–Crippen LogP) is 3.75. The molecular formula is C20H30O4. The maximum absolute atomic E-state index is 11.6. The van der Waals surface area contributed by atoms with Gasteiger partial charge in [-0.3, -0.25) is 4.79 Å². The summed E-state index contributed by atoms with van der Waals surface area (Å²) < 4.78 is 0. The Hall–Kier alpha value is -1.42. The van der Waals surface area contributed by atoms with E-state index in [1.807, 2.05) is 0 Å². The number of fused-ring (bicyclic) bond motifs is 1. The normalized spacial score (nSPS) is 36.7. The minimum atomic E-state index is -1.01. The molecule has 0 bridgehead atoms. The number of carboxylic acids is 1. The third-order valence-electron chi connectivity index (χ3n) is 6.91. The zero-order chi connectivity index (χ0) is 18.0. The highest BCUT2D eigenvalue weighted by molar-refractivity contribution is 5.80. The highest BCUT2D eigenvalue weighted by Gasteiger charge is 2.53. The fourth-order valence-electron chi connectivity index (χ4n) is 5.13. The Morgan fingerprint density at radius 1 is 1.38 bits per heavy atom. The third-order valence-corrected chi connectivity index (χ3v) is 6.91. The first-order valence-electron chi connectivity index (χ1n) is 8.97. The van der Waals surface area contributed by atoms with Gasteiger partial charge in [-0.05, 0) is 72.3 Å². The van der Waals surface area contributed by atoms with Crippen LogP contribution in [0.2, 0.25) is 0 Å². The standard InChI is InChI=1S/C20H30O4/c1-14-7-9-20(3)16(13-22)5-4-6-17(20)19(14,2)10-8-15(12-21)11-18(23)24/h5,11,13-14,17,21H,4,6-10,12H2,1-3H3,(H,23,24). The van der Waals surface area contributed by atoms with Crippen molar-refractivity contribution in [1.29, 1.82) is 0 Å². The second kappa shape index (κ2) is 7.22. The van der Waals surface area contributed by atoms with Crippen molar-refractivity contribution in [2.75, 3.05) is 6.61 Å². The van der Waals surface area contributed by atoms with Crippen molar-refractivity contribution in [2.24, 2.45) is 22.7 Å². The first kappa shape index (κ1) is 18.9. The monoisotopic (exact) mass is 334 g/mol. The number of hydrogen-bond donors (Lipinski definition) is 2.